The van der Waals surface area contributed by atoms with Crippen molar-refractivity contribution in [3.63, 3.8) is 0 Å². The molecular weight excluding hydrogens is 288 g/mol. The Hall–Kier alpha value is 0.911. The van der Waals surface area contributed by atoms with Crippen molar-refractivity contribution < 1.29 is 4.79 Å². The number of rotatable bonds is 1. The Bertz CT molecular complexity index is 252. The average Bonchev–Trinajstić information content (AvgIpc) is 2.28. The Kier molecular flexibility index (Phi) is 6.48. The van der Waals surface area contributed by atoms with E-state index in [4.69, 9.17) is 0 Å². The Balaban J connectivity index is 0.000000686. The molecule has 17 heavy (non-hydrogen) atoms. The zero-order valence-electron chi connectivity index (χ0n) is 12.1. The van der Waals surface area contributed by atoms with Crippen LogP contribution < -0.4 is 0 Å². The molecule has 2 aliphatic heterocycles. The first-order chi connectivity index (χ1) is 8.02. The molecule has 0 aromatic carbocycles. The molecule has 0 N–H and O–H groups in total. The minimum atomic E-state index is -0.926. The number of amides is 1. The van der Waals surface area contributed by atoms with Gasteiger partial charge in [0.25, 0.3) is 0 Å². The molecule has 2 heterocycles. The molecule has 0 aliphatic carbocycles. The van der Waals surface area contributed by atoms with Gasteiger partial charge in [-0.2, -0.15) is 0 Å². The third-order valence-corrected chi connectivity index (χ3v) is 10.6. The Labute approximate surface area is 129 Å². The van der Waals surface area contributed by atoms with Crippen LogP contribution in [0.2, 0.25) is 0.386 Å². The third kappa shape index (κ3) is 3.93. The number of hydrogen-bond acceptors (Lipinski definition) is 2. The molecule has 4 heteroatoms. The minimum absolute atomic E-state index is 0.336. The third-order valence-electron chi connectivity index (χ3n) is 4.09. The quantitative estimate of drug-likeness (QED) is 0.693. The summed E-state index contributed by atoms with van der Waals surface area (Å²) < 4.78 is 2.88. The SMILES string of the molecule is CC.CC(=O)[N]1C[C]2(CCN(C(C)C)CC2)[Sr]1. The van der Waals surface area contributed by atoms with Gasteiger partial charge in [0.15, 0.2) is 0 Å². The topological polar surface area (TPSA) is 23.6 Å². The number of hydrogen-bond donors (Lipinski definition) is 0. The summed E-state index contributed by atoms with van der Waals surface area (Å²) in [5.41, 5.74) is 0. The van der Waals surface area contributed by atoms with Crippen LogP contribution in [0.4, 0.5) is 0 Å². The predicted molar refractivity (Wildman–Crippen MR) is 73.1 cm³/mol. The van der Waals surface area contributed by atoms with Gasteiger partial charge in [-0.3, -0.25) is 0 Å². The van der Waals surface area contributed by atoms with E-state index in [9.17, 15) is 4.79 Å². The van der Waals surface area contributed by atoms with Crippen molar-refractivity contribution in [1.82, 2.24) is 5.27 Å². The monoisotopic (exact) mass is 314 g/mol. The van der Waals surface area contributed by atoms with E-state index >= 15 is 0 Å². The van der Waals surface area contributed by atoms with E-state index in [2.05, 4.69) is 19.1 Å². The standard InChI is InChI=1S/C11H21N2O.C2H6.Sr/c1-9(2)13-6-4-11(5-7-13)8-12-10(3)14;1-2;/h9H,4-8H2,1-3H3,(H,12,14);1-2H3;/q;;+1/p-1. The Morgan fingerprint density at radius 1 is 1.24 bits per heavy atom. The van der Waals surface area contributed by atoms with E-state index in [1.807, 2.05) is 13.8 Å². The van der Waals surface area contributed by atoms with Gasteiger partial charge < -0.3 is 0 Å². The van der Waals surface area contributed by atoms with Crippen LogP contribution in [-0.4, -0.2) is 78.3 Å². The van der Waals surface area contributed by atoms with Crippen LogP contribution in [0.1, 0.15) is 47.5 Å². The zero-order chi connectivity index (χ0) is 13.1. The van der Waals surface area contributed by atoms with Crippen molar-refractivity contribution >= 4 is 47.3 Å². The number of nitrogens with zero attached hydrogens (tertiary/aromatic N) is 2. The molecule has 0 aromatic rings. The van der Waals surface area contributed by atoms with Gasteiger partial charge in [0.2, 0.25) is 0 Å². The van der Waals surface area contributed by atoms with Crippen LogP contribution in [0.15, 0.2) is 0 Å². The van der Waals surface area contributed by atoms with Gasteiger partial charge in [0.1, 0.15) is 0 Å². The molecule has 1 spiro atoms. The van der Waals surface area contributed by atoms with Crippen LogP contribution in [0.3, 0.4) is 0 Å². The molecule has 0 aromatic heterocycles. The van der Waals surface area contributed by atoms with E-state index < -0.39 is 41.4 Å². The van der Waals surface area contributed by atoms with E-state index in [0.29, 0.717) is 12.3 Å². The van der Waals surface area contributed by atoms with Crippen molar-refractivity contribution in [2.45, 2.75) is 53.9 Å². The van der Waals surface area contributed by atoms with Crippen molar-refractivity contribution in [2.24, 2.45) is 0 Å². The first-order valence-corrected chi connectivity index (χ1v) is 10.3. The molecular formula is C13H26N2OSr. The van der Waals surface area contributed by atoms with Gasteiger partial charge in [-0.1, -0.05) is 13.8 Å². The average molecular weight is 314 g/mol. The Morgan fingerprint density at radius 2 is 1.71 bits per heavy atom. The summed E-state index contributed by atoms with van der Waals surface area (Å²) in [4.78, 5) is 13.8. The summed E-state index contributed by atoms with van der Waals surface area (Å²) in [5.74, 6) is 0.336. The molecule has 3 nitrogen and oxygen atoms in total. The van der Waals surface area contributed by atoms with Crippen molar-refractivity contribution in [2.75, 3.05) is 19.6 Å². The van der Waals surface area contributed by atoms with Gasteiger partial charge in [-0.25, -0.2) is 0 Å². The second kappa shape index (κ2) is 6.90. The van der Waals surface area contributed by atoms with Crippen LogP contribution >= 0.6 is 0 Å². The summed E-state index contributed by atoms with van der Waals surface area (Å²) in [6, 6.07) is 0.696. The maximum atomic E-state index is 11.2. The van der Waals surface area contributed by atoms with E-state index in [-0.39, 0.29) is 0 Å². The molecule has 0 radical (unpaired) electrons. The van der Waals surface area contributed by atoms with Crippen LogP contribution in [0, 0.1) is 0 Å². The Morgan fingerprint density at radius 3 is 2.06 bits per heavy atom. The second-order valence-electron chi connectivity index (χ2n) is 5.50. The summed E-state index contributed by atoms with van der Waals surface area (Å²) in [6.07, 6.45) is 2.73. The van der Waals surface area contributed by atoms with Crippen molar-refractivity contribution in [1.29, 1.82) is 0 Å². The van der Waals surface area contributed by atoms with Gasteiger partial charge in [0, 0.05) is 0 Å². The summed E-state index contributed by atoms with van der Waals surface area (Å²) in [6.45, 7) is 13.9. The molecule has 0 unspecified atom stereocenters. The van der Waals surface area contributed by atoms with E-state index in [0.717, 1.165) is 6.54 Å². The maximum absolute atomic E-state index is 11.2. The first-order valence-electron chi connectivity index (χ1n) is 7.02. The number of likely N-dealkylation sites (tertiary alicyclic amines) is 1. The van der Waals surface area contributed by atoms with Crippen LogP contribution in [-0.2, 0) is 4.79 Å². The molecule has 0 saturated carbocycles. The molecule has 1 amide bonds. The van der Waals surface area contributed by atoms with Gasteiger partial charge in [0.05, 0.1) is 0 Å². The van der Waals surface area contributed by atoms with Crippen molar-refractivity contribution in [3.05, 3.63) is 0 Å². The molecule has 2 saturated heterocycles. The van der Waals surface area contributed by atoms with Gasteiger partial charge >= 0.3 is 117 Å². The number of carbonyl (C=O) groups is 1. The molecule has 0 atom stereocenters. The predicted octanol–water partition coefficient (Wildman–Crippen LogP) is 2.16. The summed E-state index contributed by atoms with van der Waals surface area (Å²) in [7, 11) is 0. The summed E-state index contributed by atoms with van der Waals surface area (Å²) >= 11 is -0.926. The second-order valence-corrected chi connectivity index (χ2v) is 11.8. The van der Waals surface area contributed by atoms with Gasteiger partial charge in [-0.15, -0.1) is 0 Å². The number of piperidine rings is 1. The van der Waals surface area contributed by atoms with Gasteiger partial charge in [-0.05, 0) is 0 Å². The van der Waals surface area contributed by atoms with E-state index in [1.165, 1.54) is 25.9 Å². The summed E-state index contributed by atoms with van der Waals surface area (Å²) in [5, 5.41) is 0. The fourth-order valence-electron chi connectivity index (χ4n) is 2.82. The fourth-order valence-corrected chi connectivity index (χ4v) is 8.12. The first kappa shape index (κ1) is 16.0. The molecule has 2 rings (SSSR count). The molecule has 96 valence electrons. The molecule has 2 fully saturated rings. The van der Waals surface area contributed by atoms with E-state index in [1.54, 1.807) is 6.92 Å². The molecule has 2 aliphatic rings. The zero-order valence-corrected chi connectivity index (χ0v) is 15.6. The van der Waals surface area contributed by atoms with Crippen LogP contribution in [0.25, 0.3) is 0 Å². The molecule has 0 bridgehead atoms. The van der Waals surface area contributed by atoms with Crippen molar-refractivity contribution in [3.8, 4) is 0 Å². The van der Waals surface area contributed by atoms with Crippen LogP contribution in [0.5, 0.6) is 0 Å². The number of carbonyl (C=O) groups excluding carboxylic acids is 1. The fraction of sp³-hybridized carbons (Fsp3) is 0.923. The normalized spacial score (nSPS) is 22.1.